The predicted molar refractivity (Wildman–Crippen MR) is 110 cm³/mol. The fourth-order valence-corrected chi connectivity index (χ4v) is 3.09. The van der Waals surface area contributed by atoms with Crippen molar-refractivity contribution in [1.82, 2.24) is 0 Å². The number of fused-ring (bicyclic) bond motifs is 2. The van der Waals surface area contributed by atoms with Crippen molar-refractivity contribution in [3.63, 3.8) is 0 Å². The van der Waals surface area contributed by atoms with E-state index in [4.69, 9.17) is 9.15 Å². The zero-order valence-corrected chi connectivity index (χ0v) is 15.7. The molecule has 0 saturated heterocycles. The molecule has 0 bridgehead atoms. The first-order chi connectivity index (χ1) is 14.0. The first-order valence-corrected chi connectivity index (χ1v) is 9.22. The molecule has 29 heavy (non-hydrogen) atoms. The molecule has 146 valence electrons. The van der Waals surface area contributed by atoms with Gasteiger partial charge in [0.15, 0.2) is 18.0 Å². The number of rotatable bonds is 5. The Kier molecular flexibility index (Phi) is 4.99. The van der Waals surface area contributed by atoms with E-state index in [2.05, 4.69) is 12.2 Å². The highest BCUT2D eigenvalue weighted by Gasteiger charge is 2.12. The van der Waals surface area contributed by atoms with Crippen molar-refractivity contribution in [2.75, 3.05) is 11.9 Å². The maximum atomic E-state index is 14.0. The molecule has 5 nitrogen and oxygen atoms in total. The summed E-state index contributed by atoms with van der Waals surface area (Å²) in [7, 11) is 0. The highest BCUT2D eigenvalue weighted by atomic mass is 19.1. The van der Waals surface area contributed by atoms with E-state index in [1.165, 1.54) is 29.8 Å². The Hall–Kier alpha value is -3.67. The number of aryl methyl sites for hydroxylation is 1. The van der Waals surface area contributed by atoms with Gasteiger partial charge in [0.1, 0.15) is 11.3 Å². The fourth-order valence-electron chi connectivity index (χ4n) is 3.09. The van der Waals surface area contributed by atoms with Crippen LogP contribution in [0.3, 0.4) is 0 Å². The summed E-state index contributed by atoms with van der Waals surface area (Å²) in [6, 6.07) is 16.4. The number of benzene rings is 3. The third-order valence-electron chi connectivity index (χ3n) is 4.64. The second-order valence-electron chi connectivity index (χ2n) is 6.59. The third-order valence-corrected chi connectivity index (χ3v) is 4.64. The minimum atomic E-state index is -0.613. The molecule has 1 heterocycles. The van der Waals surface area contributed by atoms with E-state index in [-0.39, 0.29) is 34.5 Å². The smallest absolute Gasteiger partial charge is 0.262 e. The zero-order chi connectivity index (χ0) is 20.4. The average Bonchev–Trinajstić information content (AvgIpc) is 2.73. The zero-order valence-electron chi connectivity index (χ0n) is 15.7. The van der Waals surface area contributed by atoms with Crippen LogP contribution in [0.4, 0.5) is 10.1 Å². The van der Waals surface area contributed by atoms with Crippen LogP contribution in [0, 0.1) is 5.82 Å². The summed E-state index contributed by atoms with van der Waals surface area (Å²) in [6.07, 6.45) is 0.929. The van der Waals surface area contributed by atoms with Crippen LogP contribution in [0.1, 0.15) is 12.5 Å². The van der Waals surface area contributed by atoms with Gasteiger partial charge in [-0.15, -0.1) is 0 Å². The molecule has 0 aliphatic rings. The Balaban J connectivity index is 1.53. The molecule has 0 saturated carbocycles. The van der Waals surface area contributed by atoms with Crippen molar-refractivity contribution in [2.45, 2.75) is 13.3 Å². The van der Waals surface area contributed by atoms with Crippen molar-refractivity contribution in [3.05, 3.63) is 82.3 Å². The van der Waals surface area contributed by atoms with Crippen LogP contribution >= 0.6 is 0 Å². The summed E-state index contributed by atoms with van der Waals surface area (Å²) in [5.41, 5.74) is 1.38. The average molecular weight is 391 g/mol. The molecular formula is C23H18FNO4. The number of hydrogen-bond donors (Lipinski definition) is 1. The Bertz CT molecular complexity index is 1260. The van der Waals surface area contributed by atoms with E-state index in [1.807, 2.05) is 24.3 Å². The van der Waals surface area contributed by atoms with Gasteiger partial charge in [-0.1, -0.05) is 25.1 Å². The van der Waals surface area contributed by atoms with E-state index in [0.717, 1.165) is 6.42 Å². The summed E-state index contributed by atoms with van der Waals surface area (Å²) in [4.78, 5) is 24.7. The van der Waals surface area contributed by atoms with Gasteiger partial charge in [-0.05, 0) is 48.4 Å². The summed E-state index contributed by atoms with van der Waals surface area (Å²) < 4.78 is 25.1. The lowest BCUT2D eigenvalue weighted by molar-refractivity contribution is -0.118. The molecule has 0 aliphatic carbocycles. The minimum absolute atomic E-state index is 0.104. The quantitative estimate of drug-likeness (QED) is 0.502. The highest BCUT2D eigenvalue weighted by molar-refractivity contribution is 5.96. The van der Waals surface area contributed by atoms with Crippen molar-refractivity contribution >= 4 is 33.5 Å². The number of hydrogen-bond acceptors (Lipinski definition) is 4. The topological polar surface area (TPSA) is 68.5 Å². The fraction of sp³-hybridized carbons (Fsp3) is 0.130. The second-order valence-corrected chi connectivity index (χ2v) is 6.59. The first kappa shape index (κ1) is 18.7. The molecule has 0 spiro atoms. The van der Waals surface area contributed by atoms with Crippen molar-refractivity contribution in [1.29, 1.82) is 0 Å². The molecule has 0 atom stereocenters. The van der Waals surface area contributed by atoms with Crippen LogP contribution in [-0.4, -0.2) is 12.5 Å². The number of amides is 1. The Morgan fingerprint density at radius 2 is 1.86 bits per heavy atom. The third kappa shape index (κ3) is 3.82. The van der Waals surface area contributed by atoms with Gasteiger partial charge in [-0.2, -0.15) is 0 Å². The minimum Gasteiger partial charge on any atom is -0.484 e. The summed E-state index contributed by atoms with van der Waals surface area (Å²) in [6.45, 7) is 1.89. The largest absolute Gasteiger partial charge is 0.484 e. The van der Waals surface area contributed by atoms with Gasteiger partial charge in [0.2, 0.25) is 5.43 Å². The van der Waals surface area contributed by atoms with E-state index >= 15 is 0 Å². The molecule has 1 aromatic heterocycles. The van der Waals surface area contributed by atoms with Crippen LogP contribution in [0.5, 0.6) is 5.75 Å². The number of carbonyl (C=O) groups is 1. The molecule has 3 aromatic carbocycles. The van der Waals surface area contributed by atoms with Gasteiger partial charge in [0.05, 0.1) is 10.8 Å². The Morgan fingerprint density at radius 1 is 1.07 bits per heavy atom. The number of ether oxygens (including phenoxy) is 1. The van der Waals surface area contributed by atoms with Crippen LogP contribution in [0.25, 0.3) is 21.9 Å². The molecule has 0 radical (unpaired) electrons. The molecule has 0 unspecified atom stereocenters. The normalized spacial score (nSPS) is 11.0. The van der Waals surface area contributed by atoms with Crippen molar-refractivity contribution in [3.8, 4) is 5.75 Å². The molecule has 1 N–H and O–H groups in total. The molecule has 4 aromatic rings. The number of nitrogens with one attached hydrogen (secondary N) is 1. The predicted octanol–water partition coefficient (Wildman–Crippen LogP) is 4.67. The van der Waals surface area contributed by atoms with Gasteiger partial charge in [-0.3, -0.25) is 9.59 Å². The molecular weight excluding hydrogens is 373 g/mol. The number of para-hydroxylation sites is 1. The maximum absolute atomic E-state index is 14.0. The Labute approximate surface area is 165 Å². The van der Waals surface area contributed by atoms with Gasteiger partial charge in [0, 0.05) is 11.8 Å². The van der Waals surface area contributed by atoms with Crippen LogP contribution < -0.4 is 15.5 Å². The van der Waals surface area contributed by atoms with Crippen molar-refractivity contribution in [2.24, 2.45) is 0 Å². The van der Waals surface area contributed by atoms with E-state index < -0.39 is 5.82 Å². The molecule has 1 amide bonds. The highest BCUT2D eigenvalue weighted by Crippen LogP contribution is 2.23. The monoisotopic (exact) mass is 391 g/mol. The first-order valence-electron chi connectivity index (χ1n) is 9.22. The van der Waals surface area contributed by atoms with Gasteiger partial charge in [0.25, 0.3) is 5.91 Å². The lowest BCUT2D eigenvalue weighted by Gasteiger charge is -2.09. The second kappa shape index (κ2) is 7.75. The standard InChI is InChI=1S/C23H18FNO4/c1-2-14-6-9-16(10-7-14)28-13-21(26)25-15-8-11-17-20(12-15)29-23-18(22(17)27)4-3-5-19(23)24/h3-12H,2,13H2,1H3,(H,25,26). The SMILES string of the molecule is CCc1ccc(OCC(=O)Nc2ccc3c(=O)c4cccc(F)c4oc3c2)cc1. The van der Waals surface area contributed by atoms with Crippen molar-refractivity contribution < 1.29 is 18.3 Å². The lowest BCUT2D eigenvalue weighted by Crippen LogP contribution is -2.20. The summed E-state index contributed by atoms with van der Waals surface area (Å²) >= 11 is 0. The van der Waals surface area contributed by atoms with Gasteiger partial charge >= 0.3 is 0 Å². The lowest BCUT2D eigenvalue weighted by atomic mass is 10.1. The van der Waals surface area contributed by atoms with Gasteiger partial charge in [-0.25, -0.2) is 4.39 Å². The van der Waals surface area contributed by atoms with E-state index in [0.29, 0.717) is 16.8 Å². The number of carbonyl (C=O) groups excluding carboxylic acids is 1. The van der Waals surface area contributed by atoms with E-state index in [9.17, 15) is 14.0 Å². The molecule has 0 fully saturated rings. The Morgan fingerprint density at radius 3 is 2.62 bits per heavy atom. The van der Waals surface area contributed by atoms with Crippen LogP contribution in [0.15, 0.2) is 69.9 Å². The van der Waals surface area contributed by atoms with Gasteiger partial charge < -0.3 is 14.5 Å². The molecule has 6 heteroatoms. The van der Waals surface area contributed by atoms with E-state index in [1.54, 1.807) is 12.1 Å². The summed E-state index contributed by atoms with van der Waals surface area (Å²) in [5.74, 6) is -0.375. The molecule has 4 rings (SSSR count). The summed E-state index contributed by atoms with van der Waals surface area (Å²) in [5, 5.41) is 3.18. The maximum Gasteiger partial charge on any atom is 0.262 e. The number of anilines is 1. The van der Waals surface area contributed by atoms with Crippen LogP contribution in [0.2, 0.25) is 0 Å². The molecule has 0 aliphatic heterocycles. The van der Waals surface area contributed by atoms with Crippen LogP contribution in [-0.2, 0) is 11.2 Å². The number of halogens is 1.